The molecule has 0 bridgehead atoms. The average molecular weight is 432 g/mol. The Labute approximate surface area is 181 Å². The summed E-state index contributed by atoms with van der Waals surface area (Å²) < 4.78 is 39.5. The van der Waals surface area contributed by atoms with Gasteiger partial charge in [-0.05, 0) is 41.3 Å². The van der Waals surface area contributed by atoms with Crippen molar-refractivity contribution in [3.05, 3.63) is 35.4 Å². The van der Waals surface area contributed by atoms with E-state index in [0.717, 1.165) is 11.1 Å². The lowest BCUT2D eigenvalue weighted by atomic mass is 9.84. The Morgan fingerprint density at radius 1 is 0.839 bits per heavy atom. The van der Waals surface area contributed by atoms with Crippen molar-refractivity contribution < 1.29 is 38.3 Å². The van der Waals surface area contributed by atoms with Gasteiger partial charge >= 0.3 is 0 Å². The highest BCUT2D eigenvalue weighted by molar-refractivity contribution is 5.56. The molecule has 2 heterocycles. The first-order valence-electron chi connectivity index (χ1n) is 10.1. The summed E-state index contributed by atoms with van der Waals surface area (Å²) in [5, 5.41) is 10.2. The van der Waals surface area contributed by atoms with Gasteiger partial charge in [0.15, 0.2) is 23.0 Å². The van der Waals surface area contributed by atoms with E-state index in [1.807, 2.05) is 24.3 Å². The lowest BCUT2D eigenvalue weighted by Crippen LogP contribution is -2.18. The van der Waals surface area contributed by atoms with Crippen molar-refractivity contribution in [2.45, 2.75) is 19.1 Å². The van der Waals surface area contributed by atoms with Crippen LogP contribution in [0.3, 0.4) is 0 Å². The van der Waals surface area contributed by atoms with Gasteiger partial charge in [0.25, 0.3) is 0 Å². The number of benzene rings is 2. The van der Waals surface area contributed by atoms with Crippen molar-refractivity contribution >= 4 is 0 Å². The highest BCUT2D eigenvalue weighted by Crippen LogP contribution is 2.53. The van der Waals surface area contributed by atoms with Gasteiger partial charge in [0, 0.05) is 12.5 Å². The van der Waals surface area contributed by atoms with Crippen molar-refractivity contribution in [1.29, 1.82) is 0 Å². The molecule has 0 aliphatic carbocycles. The number of aliphatic hydroxyl groups is 1. The van der Waals surface area contributed by atoms with E-state index in [1.54, 1.807) is 28.4 Å². The molecule has 0 radical (unpaired) electrons. The summed E-state index contributed by atoms with van der Waals surface area (Å²) in [6.07, 6.45) is -0.639. The predicted molar refractivity (Wildman–Crippen MR) is 112 cm³/mol. The minimum Gasteiger partial charge on any atom is -0.493 e. The van der Waals surface area contributed by atoms with E-state index in [-0.39, 0.29) is 37.4 Å². The maximum Gasteiger partial charge on any atom is 0.231 e. The Hall–Kier alpha value is -2.84. The van der Waals surface area contributed by atoms with Crippen molar-refractivity contribution in [2.75, 3.05) is 41.8 Å². The number of methoxy groups -OCH3 is 4. The molecule has 0 spiro atoms. The van der Waals surface area contributed by atoms with Crippen LogP contribution in [0.25, 0.3) is 0 Å². The molecule has 8 heteroatoms. The van der Waals surface area contributed by atoms with E-state index in [1.165, 1.54) is 0 Å². The molecule has 1 N–H and O–H groups in total. The van der Waals surface area contributed by atoms with Crippen LogP contribution in [-0.2, 0) is 4.74 Å². The third-order valence-corrected chi connectivity index (χ3v) is 6.07. The summed E-state index contributed by atoms with van der Waals surface area (Å²) in [4.78, 5) is 0. The molecule has 1 saturated heterocycles. The Balaban J connectivity index is 1.72. The van der Waals surface area contributed by atoms with Gasteiger partial charge in [-0.1, -0.05) is 6.92 Å². The fraction of sp³-hybridized carbons (Fsp3) is 0.478. The van der Waals surface area contributed by atoms with Gasteiger partial charge < -0.3 is 38.3 Å². The molecular weight excluding hydrogens is 404 g/mol. The smallest absolute Gasteiger partial charge is 0.231 e. The van der Waals surface area contributed by atoms with E-state index in [2.05, 4.69) is 6.92 Å². The Bertz CT molecular complexity index is 918. The second kappa shape index (κ2) is 8.72. The number of ether oxygens (including phenoxy) is 7. The first kappa shape index (κ1) is 21.4. The highest BCUT2D eigenvalue weighted by atomic mass is 16.7. The Kier molecular flexibility index (Phi) is 6.02. The molecule has 4 atom stereocenters. The molecular formula is C23H28O8. The largest absolute Gasteiger partial charge is 0.493 e. The van der Waals surface area contributed by atoms with Crippen molar-refractivity contribution in [3.8, 4) is 34.5 Å². The van der Waals surface area contributed by atoms with Crippen molar-refractivity contribution in [1.82, 2.24) is 0 Å². The zero-order valence-corrected chi connectivity index (χ0v) is 18.3. The lowest BCUT2D eigenvalue weighted by molar-refractivity contribution is 0.0218. The standard InChI is InChI=1S/C23H28O8/c1-12-15(10-24)21(14-7-16(25-2)22(28-5)17(8-14)26-3)31-20(12)13-6-18(27-4)23-19(9-13)29-11-30-23/h6-9,12,15,20-21,24H,10-11H2,1-5H3/t12-,15-,20-,21-/m0/s1. The fourth-order valence-electron chi connectivity index (χ4n) is 4.43. The van der Waals surface area contributed by atoms with Gasteiger partial charge in [-0.3, -0.25) is 0 Å². The first-order chi connectivity index (χ1) is 15.1. The summed E-state index contributed by atoms with van der Waals surface area (Å²) in [5.41, 5.74) is 1.75. The van der Waals surface area contributed by atoms with E-state index in [9.17, 15) is 5.11 Å². The summed E-state index contributed by atoms with van der Waals surface area (Å²) in [5.74, 6) is 3.30. The van der Waals surface area contributed by atoms with Crippen LogP contribution in [0.2, 0.25) is 0 Å². The number of hydrogen-bond donors (Lipinski definition) is 1. The third kappa shape index (κ3) is 3.59. The van der Waals surface area contributed by atoms with Gasteiger partial charge in [-0.2, -0.15) is 0 Å². The number of aliphatic hydroxyl groups excluding tert-OH is 1. The van der Waals surface area contributed by atoms with E-state index >= 15 is 0 Å². The molecule has 168 valence electrons. The molecule has 8 nitrogen and oxygen atoms in total. The van der Waals surface area contributed by atoms with Crippen LogP contribution in [0.4, 0.5) is 0 Å². The zero-order valence-electron chi connectivity index (χ0n) is 18.3. The number of rotatable bonds is 7. The monoisotopic (exact) mass is 432 g/mol. The lowest BCUT2D eigenvalue weighted by Gasteiger charge is -2.21. The third-order valence-electron chi connectivity index (χ3n) is 6.07. The minimum absolute atomic E-state index is 0.0270. The van der Waals surface area contributed by atoms with Crippen LogP contribution in [0, 0.1) is 11.8 Å². The zero-order chi connectivity index (χ0) is 22.1. The van der Waals surface area contributed by atoms with Crippen molar-refractivity contribution in [2.24, 2.45) is 11.8 Å². The Morgan fingerprint density at radius 2 is 1.45 bits per heavy atom. The number of hydrogen-bond acceptors (Lipinski definition) is 8. The summed E-state index contributed by atoms with van der Waals surface area (Å²) in [6.45, 7) is 2.20. The van der Waals surface area contributed by atoms with Gasteiger partial charge in [0.05, 0.1) is 40.6 Å². The molecule has 0 aromatic heterocycles. The first-order valence-corrected chi connectivity index (χ1v) is 10.1. The van der Waals surface area contributed by atoms with Crippen LogP contribution < -0.4 is 28.4 Å². The van der Waals surface area contributed by atoms with Crippen LogP contribution in [0.1, 0.15) is 30.3 Å². The average Bonchev–Trinajstić information content (AvgIpc) is 3.41. The molecule has 2 aromatic rings. The molecule has 0 amide bonds. The van der Waals surface area contributed by atoms with E-state index < -0.39 is 0 Å². The Morgan fingerprint density at radius 3 is 2.03 bits per heavy atom. The number of fused-ring (bicyclic) bond motifs is 1. The van der Waals surface area contributed by atoms with Crippen LogP contribution >= 0.6 is 0 Å². The quantitative estimate of drug-likeness (QED) is 0.712. The molecule has 1 fully saturated rings. The molecule has 0 saturated carbocycles. The molecule has 31 heavy (non-hydrogen) atoms. The molecule has 2 aliphatic rings. The summed E-state index contributed by atoms with van der Waals surface area (Å²) >= 11 is 0. The van der Waals surface area contributed by atoms with Gasteiger partial charge in [-0.15, -0.1) is 0 Å². The second-order valence-electron chi connectivity index (χ2n) is 7.60. The highest BCUT2D eigenvalue weighted by Gasteiger charge is 2.44. The second-order valence-corrected chi connectivity index (χ2v) is 7.60. The van der Waals surface area contributed by atoms with E-state index in [0.29, 0.717) is 34.5 Å². The molecule has 4 rings (SSSR count). The fourth-order valence-corrected chi connectivity index (χ4v) is 4.43. The minimum atomic E-state index is -0.366. The van der Waals surface area contributed by atoms with Gasteiger partial charge in [0.1, 0.15) is 0 Å². The summed E-state index contributed by atoms with van der Waals surface area (Å²) in [7, 11) is 6.30. The molecule has 2 aromatic carbocycles. The maximum absolute atomic E-state index is 10.2. The summed E-state index contributed by atoms with van der Waals surface area (Å²) in [6, 6.07) is 7.55. The normalized spacial score (nSPS) is 24.2. The molecule has 0 unspecified atom stereocenters. The topological polar surface area (TPSA) is 84.8 Å². The molecule has 2 aliphatic heterocycles. The van der Waals surface area contributed by atoms with Crippen molar-refractivity contribution in [3.63, 3.8) is 0 Å². The van der Waals surface area contributed by atoms with Gasteiger partial charge in [0.2, 0.25) is 18.3 Å². The van der Waals surface area contributed by atoms with E-state index in [4.69, 9.17) is 33.2 Å². The van der Waals surface area contributed by atoms with Gasteiger partial charge in [-0.25, -0.2) is 0 Å². The van der Waals surface area contributed by atoms with Crippen LogP contribution in [0.15, 0.2) is 24.3 Å². The predicted octanol–water partition coefficient (Wildman–Crippen LogP) is 3.51. The van der Waals surface area contributed by atoms with Crippen LogP contribution in [-0.4, -0.2) is 46.9 Å². The van der Waals surface area contributed by atoms with Crippen LogP contribution in [0.5, 0.6) is 34.5 Å². The maximum atomic E-state index is 10.2. The SMILES string of the molecule is COc1cc([C@@H]2O[C@H](c3cc(OC)c4c(c3)OCO4)[C@@H](C)[C@@H]2CO)cc(OC)c1OC.